The van der Waals surface area contributed by atoms with Crippen LogP contribution in [-0.4, -0.2) is 34.4 Å². The van der Waals surface area contributed by atoms with Crippen LogP contribution in [-0.2, 0) is 14.4 Å². The molecule has 18 heavy (non-hydrogen) atoms. The Hall–Kier alpha value is -2.44. The van der Waals surface area contributed by atoms with Gasteiger partial charge in [0.1, 0.15) is 6.54 Å². The Morgan fingerprint density at radius 1 is 1.39 bits per heavy atom. The van der Waals surface area contributed by atoms with Gasteiger partial charge in [0.05, 0.1) is 11.9 Å². The second kappa shape index (κ2) is 5.26. The lowest BCUT2D eigenvalue weighted by Crippen LogP contribution is -2.42. The van der Waals surface area contributed by atoms with E-state index in [1.807, 2.05) is 0 Å². The lowest BCUT2D eigenvalue weighted by atomic mass is 10.1. The fourth-order valence-corrected chi connectivity index (χ4v) is 1.46. The summed E-state index contributed by atoms with van der Waals surface area (Å²) in [6, 6.07) is 3.27. The summed E-state index contributed by atoms with van der Waals surface area (Å²) >= 11 is 0. The molecular formula is C11H11N3O4. The van der Waals surface area contributed by atoms with Crippen LogP contribution in [0.25, 0.3) is 0 Å². The van der Waals surface area contributed by atoms with Gasteiger partial charge in [-0.1, -0.05) is 0 Å². The molecule has 0 atom stereocenters. The molecule has 2 heterocycles. The number of amides is 2. The van der Waals surface area contributed by atoms with E-state index in [1.54, 1.807) is 18.3 Å². The van der Waals surface area contributed by atoms with Gasteiger partial charge in [-0.15, -0.1) is 0 Å². The molecule has 2 rings (SSSR count). The van der Waals surface area contributed by atoms with Gasteiger partial charge in [0.25, 0.3) is 5.91 Å². The van der Waals surface area contributed by atoms with E-state index in [4.69, 9.17) is 4.84 Å². The van der Waals surface area contributed by atoms with E-state index in [9.17, 15) is 14.4 Å². The average Bonchev–Trinajstić information content (AvgIpc) is 2.35. The molecule has 7 nitrogen and oxygen atoms in total. The van der Waals surface area contributed by atoms with Crippen LogP contribution in [0.4, 0.5) is 10.5 Å². The van der Waals surface area contributed by atoms with Crippen LogP contribution in [0, 0.1) is 0 Å². The van der Waals surface area contributed by atoms with Crippen molar-refractivity contribution >= 4 is 23.5 Å². The maximum Gasteiger partial charge on any atom is 0.436 e. The van der Waals surface area contributed by atoms with Gasteiger partial charge in [-0.25, -0.2) is 4.79 Å². The third-order valence-electron chi connectivity index (χ3n) is 2.32. The SMILES string of the molecule is O=C1CCC(=O)N(OC(=O)Nc2cccnc2)C1. The highest BCUT2D eigenvalue weighted by Gasteiger charge is 2.27. The summed E-state index contributed by atoms with van der Waals surface area (Å²) < 4.78 is 0. The molecule has 0 bridgehead atoms. The number of hydroxylamine groups is 2. The highest BCUT2D eigenvalue weighted by atomic mass is 16.7. The summed E-state index contributed by atoms with van der Waals surface area (Å²) in [5.74, 6) is -0.514. The standard InChI is InChI=1S/C11H11N3O4/c15-9-3-4-10(16)14(7-9)18-11(17)13-8-2-1-5-12-6-8/h1-2,5-6H,3-4,7H2,(H,13,17). The number of pyridine rings is 1. The van der Waals surface area contributed by atoms with Gasteiger partial charge < -0.3 is 4.84 Å². The molecular weight excluding hydrogens is 238 g/mol. The molecule has 1 aromatic heterocycles. The predicted octanol–water partition coefficient (Wildman–Crippen LogP) is 0.737. The molecule has 1 aromatic rings. The molecule has 1 saturated heterocycles. The zero-order valence-electron chi connectivity index (χ0n) is 9.46. The normalized spacial score (nSPS) is 15.4. The number of aromatic nitrogens is 1. The van der Waals surface area contributed by atoms with Crippen molar-refractivity contribution in [3.63, 3.8) is 0 Å². The molecule has 94 valence electrons. The lowest BCUT2D eigenvalue weighted by Gasteiger charge is -2.23. The second-order valence-corrected chi connectivity index (χ2v) is 3.71. The number of nitrogens with zero attached hydrogens (tertiary/aromatic N) is 2. The van der Waals surface area contributed by atoms with E-state index in [0.717, 1.165) is 5.06 Å². The summed E-state index contributed by atoms with van der Waals surface area (Å²) in [5, 5.41) is 3.17. The molecule has 0 radical (unpaired) electrons. The number of nitrogens with one attached hydrogen (secondary N) is 1. The molecule has 7 heteroatoms. The number of piperidine rings is 1. The zero-order valence-corrected chi connectivity index (χ0v) is 9.46. The summed E-state index contributed by atoms with van der Waals surface area (Å²) in [6.45, 7) is -0.195. The maximum absolute atomic E-state index is 11.5. The van der Waals surface area contributed by atoms with Crippen LogP contribution < -0.4 is 5.32 Å². The van der Waals surface area contributed by atoms with Gasteiger partial charge in [0, 0.05) is 19.0 Å². The second-order valence-electron chi connectivity index (χ2n) is 3.71. The summed E-state index contributed by atoms with van der Waals surface area (Å²) in [5.41, 5.74) is 0.443. The molecule has 0 aromatic carbocycles. The highest BCUT2D eigenvalue weighted by molar-refractivity contribution is 5.93. The predicted molar refractivity (Wildman–Crippen MR) is 60.3 cm³/mol. The number of hydrogen-bond donors (Lipinski definition) is 1. The van der Waals surface area contributed by atoms with Crippen molar-refractivity contribution in [2.45, 2.75) is 12.8 Å². The molecule has 0 saturated carbocycles. The smallest absolute Gasteiger partial charge is 0.318 e. The van der Waals surface area contributed by atoms with Crippen molar-refractivity contribution < 1.29 is 19.2 Å². The minimum atomic E-state index is -0.828. The Labute approximate surface area is 103 Å². The van der Waals surface area contributed by atoms with Crippen molar-refractivity contribution in [1.82, 2.24) is 10.0 Å². The van der Waals surface area contributed by atoms with Gasteiger partial charge in [-0.3, -0.25) is 19.9 Å². The monoisotopic (exact) mass is 249 g/mol. The Morgan fingerprint density at radius 2 is 2.22 bits per heavy atom. The van der Waals surface area contributed by atoms with Gasteiger partial charge in [-0.2, -0.15) is 5.06 Å². The Morgan fingerprint density at radius 3 is 2.94 bits per heavy atom. The lowest BCUT2D eigenvalue weighted by molar-refractivity contribution is -0.172. The number of hydrogen-bond acceptors (Lipinski definition) is 5. The summed E-state index contributed by atoms with van der Waals surface area (Å²) in [4.78, 5) is 42.6. The van der Waals surface area contributed by atoms with Crippen LogP contribution >= 0.6 is 0 Å². The van der Waals surface area contributed by atoms with Gasteiger partial charge in [0.2, 0.25) is 0 Å². The van der Waals surface area contributed by atoms with E-state index >= 15 is 0 Å². The number of anilines is 1. The molecule has 1 aliphatic rings. The first-order valence-electron chi connectivity index (χ1n) is 5.36. The van der Waals surface area contributed by atoms with Crippen molar-refractivity contribution in [3.05, 3.63) is 24.5 Å². The van der Waals surface area contributed by atoms with Crippen LogP contribution in [0.5, 0.6) is 0 Å². The van der Waals surface area contributed by atoms with Gasteiger partial charge in [0.15, 0.2) is 5.78 Å². The number of ketones is 1. The summed E-state index contributed by atoms with van der Waals surface area (Å²) in [7, 11) is 0. The fourth-order valence-electron chi connectivity index (χ4n) is 1.46. The Kier molecular flexibility index (Phi) is 3.52. The molecule has 0 aliphatic carbocycles. The van der Waals surface area contributed by atoms with Crippen molar-refractivity contribution in [2.24, 2.45) is 0 Å². The largest absolute Gasteiger partial charge is 0.436 e. The van der Waals surface area contributed by atoms with Crippen molar-refractivity contribution in [3.8, 4) is 0 Å². The van der Waals surface area contributed by atoms with E-state index in [-0.39, 0.29) is 31.1 Å². The number of carbonyl (C=O) groups is 3. The van der Waals surface area contributed by atoms with E-state index in [2.05, 4.69) is 10.3 Å². The molecule has 0 spiro atoms. The van der Waals surface area contributed by atoms with E-state index in [1.165, 1.54) is 6.20 Å². The van der Waals surface area contributed by atoms with E-state index < -0.39 is 6.09 Å². The van der Waals surface area contributed by atoms with Crippen LogP contribution in [0.3, 0.4) is 0 Å². The van der Waals surface area contributed by atoms with Crippen molar-refractivity contribution in [2.75, 3.05) is 11.9 Å². The molecule has 1 fully saturated rings. The quantitative estimate of drug-likeness (QED) is 0.834. The summed E-state index contributed by atoms with van der Waals surface area (Å²) in [6.07, 6.45) is 2.43. The highest BCUT2D eigenvalue weighted by Crippen LogP contribution is 2.10. The first-order valence-corrected chi connectivity index (χ1v) is 5.36. The molecule has 0 unspecified atom stereocenters. The van der Waals surface area contributed by atoms with Crippen LogP contribution in [0.2, 0.25) is 0 Å². The van der Waals surface area contributed by atoms with Gasteiger partial charge >= 0.3 is 6.09 Å². The first-order chi connectivity index (χ1) is 8.65. The van der Waals surface area contributed by atoms with Crippen molar-refractivity contribution in [1.29, 1.82) is 0 Å². The Balaban J connectivity index is 1.91. The molecule has 1 aliphatic heterocycles. The van der Waals surface area contributed by atoms with Crippen LogP contribution in [0.15, 0.2) is 24.5 Å². The topological polar surface area (TPSA) is 88.6 Å². The minimum Gasteiger partial charge on any atom is -0.318 e. The number of carbonyl (C=O) groups excluding carboxylic acids is 3. The van der Waals surface area contributed by atoms with Gasteiger partial charge in [-0.05, 0) is 12.1 Å². The Bertz CT molecular complexity index is 474. The third kappa shape index (κ3) is 3.03. The zero-order chi connectivity index (χ0) is 13.0. The number of rotatable bonds is 2. The average molecular weight is 249 g/mol. The maximum atomic E-state index is 11.5. The molecule has 1 N–H and O–H groups in total. The molecule has 2 amide bonds. The minimum absolute atomic E-state index is 0.0685. The van der Waals surface area contributed by atoms with Crippen LogP contribution in [0.1, 0.15) is 12.8 Å². The first kappa shape index (κ1) is 12.0. The van der Waals surface area contributed by atoms with E-state index in [0.29, 0.717) is 5.69 Å². The fraction of sp³-hybridized carbons (Fsp3) is 0.273. The third-order valence-corrected chi connectivity index (χ3v) is 2.32. The number of Topliss-reactive ketones (excluding diaryl/α,β-unsaturated/α-hetero) is 1.